The number of carbonyl (C=O) groups excluding carboxylic acids is 1. The molecule has 0 aromatic heterocycles. The maximum Gasteiger partial charge on any atom is 0.390 e. The number of rotatable bonds is 3. The van der Waals surface area contributed by atoms with E-state index in [0.29, 0.717) is 4.47 Å². The van der Waals surface area contributed by atoms with Crippen LogP contribution in [0.4, 0.5) is 18.9 Å². The topological polar surface area (TPSA) is 55.1 Å². The Kier molecular flexibility index (Phi) is 4.39. The van der Waals surface area contributed by atoms with Crippen LogP contribution in [0.5, 0.6) is 0 Å². The lowest BCUT2D eigenvalue weighted by atomic mass is 10.1. The zero-order valence-electron chi connectivity index (χ0n) is 8.64. The normalized spacial score (nSPS) is 11.3. The smallest absolute Gasteiger partial charge is 0.390 e. The third kappa shape index (κ3) is 4.64. The Bertz CT molecular complexity index is 421. The van der Waals surface area contributed by atoms with Gasteiger partial charge in [0.15, 0.2) is 0 Å². The van der Waals surface area contributed by atoms with Crippen molar-refractivity contribution < 1.29 is 18.0 Å². The van der Waals surface area contributed by atoms with Crippen LogP contribution in [0.25, 0.3) is 0 Å². The molecular weight excluding hydrogens is 301 g/mol. The Morgan fingerprint density at radius 1 is 1.41 bits per heavy atom. The van der Waals surface area contributed by atoms with Gasteiger partial charge in [-0.05, 0) is 18.2 Å². The van der Waals surface area contributed by atoms with Gasteiger partial charge in [-0.25, -0.2) is 0 Å². The minimum Gasteiger partial charge on any atom is -0.398 e. The maximum atomic E-state index is 11.9. The highest BCUT2D eigenvalue weighted by Gasteiger charge is 2.26. The summed E-state index contributed by atoms with van der Waals surface area (Å²) in [5, 5.41) is 2.16. The van der Waals surface area contributed by atoms with E-state index in [0.717, 1.165) is 0 Å². The van der Waals surface area contributed by atoms with Gasteiger partial charge in [0.05, 0.1) is 12.0 Å². The van der Waals surface area contributed by atoms with Crippen molar-refractivity contribution in [2.75, 3.05) is 12.3 Å². The average molecular weight is 311 g/mol. The summed E-state index contributed by atoms with van der Waals surface area (Å²) >= 11 is 3.16. The summed E-state index contributed by atoms with van der Waals surface area (Å²) in [7, 11) is 0. The number of hydrogen-bond donors (Lipinski definition) is 2. The molecular formula is C10H10BrF3N2O. The van der Waals surface area contributed by atoms with E-state index in [1.54, 1.807) is 6.07 Å². The van der Waals surface area contributed by atoms with Gasteiger partial charge in [-0.15, -0.1) is 0 Å². The Morgan fingerprint density at radius 3 is 2.59 bits per heavy atom. The van der Waals surface area contributed by atoms with Gasteiger partial charge < -0.3 is 11.1 Å². The lowest BCUT2D eigenvalue weighted by Gasteiger charge is -2.09. The number of halogens is 4. The number of nitrogens with two attached hydrogens (primary N) is 1. The highest BCUT2D eigenvalue weighted by molar-refractivity contribution is 9.10. The van der Waals surface area contributed by atoms with Crippen LogP contribution in [-0.4, -0.2) is 18.6 Å². The monoisotopic (exact) mass is 310 g/mol. The number of hydrogen-bond acceptors (Lipinski definition) is 2. The van der Waals surface area contributed by atoms with Gasteiger partial charge in [0.1, 0.15) is 0 Å². The molecule has 1 amide bonds. The Hall–Kier alpha value is -1.24. The van der Waals surface area contributed by atoms with Crippen LogP contribution < -0.4 is 11.1 Å². The first-order valence-corrected chi connectivity index (χ1v) is 5.49. The third-order valence-electron chi connectivity index (χ3n) is 1.95. The summed E-state index contributed by atoms with van der Waals surface area (Å²) in [6.07, 6.45) is -5.34. The fourth-order valence-corrected chi connectivity index (χ4v) is 1.53. The summed E-state index contributed by atoms with van der Waals surface area (Å²) in [6, 6.07) is 4.55. The predicted octanol–water partition coefficient (Wildman–Crippen LogP) is 2.71. The van der Waals surface area contributed by atoms with Gasteiger partial charge in [0.2, 0.25) is 0 Å². The predicted molar refractivity (Wildman–Crippen MR) is 61.6 cm³/mol. The lowest BCUT2D eigenvalue weighted by Crippen LogP contribution is -2.28. The van der Waals surface area contributed by atoms with Crippen LogP contribution in [0.2, 0.25) is 0 Å². The van der Waals surface area contributed by atoms with E-state index in [2.05, 4.69) is 21.2 Å². The summed E-state index contributed by atoms with van der Waals surface area (Å²) in [5.41, 5.74) is 5.94. The summed E-state index contributed by atoms with van der Waals surface area (Å²) in [4.78, 5) is 11.5. The number of benzene rings is 1. The van der Waals surface area contributed by atoms with E-state index in [1.165, 1.54) is 12.1 Å². The minimum absolute atomic E-state index is 0.162. The van der Waals surface area contributed by atoms with Crippen LogP contribution in [-0.2, 0) is 0 Å². The fourth-order valence-electron chi connectivity index (χ4n) is 1.15. The van der Waals surface area contributed by atoms with Gasteiger partial charge in [0.25, 0.3) is 5.91 Å². The molecule has 0 atom stereocenters. The molecule has 17 heavy (non-hydrogen) atoms. The molecule has 0 heterocycles. The number of alkyl halides is 3. The first kappa shape index (κ1) is 13.8. The van der Waals surface area contributed by atoms with Crippen molar-refractivity contribution in [1.29, 1.82) is 0 Å². The Balaban J connectivity index is 2.59. The molecule has 1 rings (SSSR count). The minimum atomic E-state index is -4.28. The van der Waals surface area contributed by atoms with E-state index >= 15 is 0 Å². The zero-order valence-corrected chi connectivity index (χ0v) is 10.2. The Labute approximate surface area is 104 Å². The fraction of sp³-hybridized carbons (Fsp3) is 0.300. The quantitative estimate of drug-likeness (QED) is 0.843. The molecule has 3 N–H and O–H groups in total. The van der Waals surface area contributed by atoms with Gasteiger partial charge >= 0.3 is 6.18 Å². The highest BCUT2D eigenvalue weighted by Crippen LogP contribution is 2.20. The molecule has 0 fully saturated rings. The second-order valence-electron chi connectivity index (χ2n) is 3.35. The Morgan fingerprint density at radius 2 is 2.06 bits per heavy atom. The van der Waals surface area contributed by atoms with Gasteiger partial charge in [-0.1, -0.05) is 15.9 Å². The molecule has 0 saturated carbocycles. The second-order valence-corrected chi connectivity index (χ2v) is 4.27. The highest BCUT2D eigenvalue weighted by atomic mass is 79.9. The van der Waals surface area contributed by atoms with E-state index in [-0.39, 0.29) is 11.3 Å². The van der Waals surface area contributed by atoms with Crippen molar-refractivity contribution in [3.8, 4) is 0 Å². The van der Waals surface area contributed by atoms with Gasteiger partial charge in [-0.2, -0.15) is 13.2 Å². The van der Waals surface area contributed by atoms with Gasteiger partial charge in [0, 0.05) is 16.7 Å². The van der Waals surface area contributed by atoms with Crippen LogP contribution in [0.3, 0.4) is 0 Å². The standard InChI is InChI=1S/C10H10BrF3N2O/c11-6-1-2-7(8(15)5-6)9(17)16-4-3-10(12,13)14/h1-2,5H,3-4,15H2,(H,16,17). The van der Waals surface area contributed by atoms with Crippen molar-refractivity contribution in [1.82, 2.24) is 5.32 Å². The van der Waals surface area contributed by atoms with E-state index in [1.807, 2.05) is 0 Å². The number of carbonyl (C=O) groups is 1. The zero-order chi connectivity index (χ0) is 13.1. The van der Waals surface area contributed by atoms with E-state index in [9.17, 15) is 18.0 Å². The van der Waals surface area contributed by atoms with Gasteiger partial charge in [-0.3, -0.25) is 4.79 Å². The van der Waals surface area contributed by atoms with Crippen molar-refractivity contribution >= 4 is 27.5 Å². The SMILES string of the molecule is Nc1cc(Br)ccc1C(=O)NCCC(F)(F)F. The molecule has 1 aromatic carbocycles. The molecule has 0 saturated heterocycles. The van der Waals surface area contributed by atoms with E-state index in [4.69, 9.17) is 5.73 Å². The molecule has 7 heteroatoms. The molecule has 1 aromatic rings. The summed E-state index contributed by atoms with van der Waals surface area (Å²) < 4.78 is 36.3. The molecule has 0 aliphatic rings. The van der Waals surface area contributed by atoms with Crippen molar-refractivity contribution in [2.45, 2.75) is 12.6 Å². The van der Waals surface area contributed by atoms with Crippen molar-refractivity contribution in [3.63, 3.8) is 0 Å². The molecule has 0 aliphatic heterocycles. The molecule has 0 unspecified atom stereocenters. The molecule has 0 spiro atoms. The number of anilines is 1. The second kappa shape index (κ2) is 5.39. The van der Waals surface area contributed by atoms with Crippen LogP contribution in [0.1, 0.15) is 16.8 Å². The van der Waals surface area contributed by atoms with Crippen molar-refractivity contribution in [2.24, 2.45) is 0 Å². The van der Waals surface area contributed by atoms with Crippen molar-refractivity contribution in [3.05, 3.63) is 28.2 Å². The summed E-state index contributed by atoms with van der Waals surface area (Å²) in [6.45, 7) is -0.460. The first-order chi connectivity index (χ1) is 7.79. The largest absolute Gasteiger partial charge is 0.398 e. The average Bonchev–Trinajstić information content (AvgIpc) is 2.15. The third-order valence-corrected chi connectivity index (χ3v) is 2.45. The molecule has 0 radical (unpaired) electrons. The number of nitrogen functional groups attached to an aromatic ring is 1. The lowest BCUT2D eigenvalue weighted by molar-refractivity contribution is -0.132. The van der Waals surface area contributed by atoms with E-state index < -0.39 is 25.0 Å². The van der Waals surface area contributed by atoms with Crippen LogP contribution >= 0.6 is 15.9 Å². The molecule has 0 aliphatic carbocycles. The van der Waals surface area contributed by atoms with Crippen LogP contribution in [0, 0.1) is 0 Å². The molecule has 0 bridgehead atoms. The number of nitrogens with one attached hydrogen (secondary N) is 1. The molecule has 3 nitrogen and oxygen atoms in total. The van der Waals surface area contributed by atoms with Crippen LogP contribution in [0.15, 0.2) is 22.7 Å². The first-order valence-electron chi connectivity index (χ1n) is 4.69. The maximum absolute atomic E-state index is 11.9. The molecule has 94 valence electrons. The summed E-state index contributed by atoms with van der Waals surface area (Å²) in [5.74, 6) is -0.612. The number of amides is 1.